The van der Waals surface area contributed by atoms with Crippen molar-refractivity contribution < 1.29 is 28.6 Å². The molecule has 0 unspecified atom stereocenters. The first-order chi connectivity index (χ1) is 12.8. The number of carboxylic acid groups (broad SMARTS) is 1. The van der Waals surface area contributed by atoms with Gasteiger partial charge < -0.3 is 15.1 Å². The van der Waals surface area contributed by atoms with Gasteiger partial charge >= 0.3 is 5.97 Å². The fraction of sp³-hybridized carbons (Fsp3) is 0.300. The molecule has 0 spiro atoms. The molecule has 27 heavy (non-hydrogen) atoms. The minimum absolute atomic E-state index is 0.0296. The van der Waals surface area contributed by atoms with Crippen LogP contribution in [0.2, 0.25) is 0 Å². The van der Waals surface area contributed by atoms with Crippen LogP contribution in [0.5, 0.6) is 0 Å². The summed E-state index contributed by atoms with van der Waals surface area (Å²) in [6, 6.07) is 10.9. The van der Waals surface area contributed by atoms with Gasteiger partial charge in [0.25, 0.3) is 5.91 Å². The Bertz CT molecular complexity index is 873. The highest BCUT2D eigenvalue weighted by Gasteiger charge is 2.50. The largest absolute Gasteiger partial charge is 0.481 e. The normalized spacial score (nSPS) is 22.5. The van der Waals surface area contributed by atoms with Gasteiger partial charge in [-0.3, -0.25) is 9.59 Å². The third-order valence-electron chi connectivity index (χ3n) is 5.01. The fourth-order valence-electron chi connectivity index (χ4n) is 3.53. The number of carbonyl (C=O) groups is 2. The number of aliphatic hydroxyl groups is 1. The fourth-order valence-corrected chi connectivity index (χ4v) is 3.53. The first-order valence-electron chi connectivity index (χ1n) is 8.53. The monoisotopic (exact) mass is 375 g/mol. The number of benzene rings is 2. The van der Waals surface area contributed by atoms with Crippen LogP contribution in [0, 0.1) is 17.0 Å². The molecule has 0 aromatic heterocycles. The number of rotatable bonds is 4. The predicted molar refractivity (Wildman–Crippen MR) is 93.1 cm³/mol. The maximum absolute atomic E-state index is 14.0. The number of hydrogen-bond acceptors (Lipinski definition) is 3. The summed E-state index contributed by atoms with van der Waals surface area (Å²) in [6.07, 6.45) is -1.34. The Labute approximate surface area is 154 Å². The van der Waals surface area contributed by atoms with E-state index in [9.17, 15) is 28.6 Å². The molecule has 5 nitrogen and oxygen atoms in total. The zero-order valence-electron chi connectivity index (χ0n) is 14.4. The smallest absolute Gasteiger partial charge is 0.314 e. The third kappa shape index (κ3) is 3.68. The van der Waals surface area contributed by atoms with Gasteiger partial charge in [-0.1, -0.05) is 24.3 Å². The Morgan fingerprint density at radius 3 is 2.56 bits per heavy atom. The van der Waals surface area contributed by atoms with Gasteiger partial charge in [0.1, 0.15) is 17.0 Å². The molecular formula is C20H19F2NO4. The zero-order valence-corrected chi connectivity index (χ0v) is 14.4. The molecule has 2 N–H and O–H groups in total. The lowest BCUT2D eigenvalue weighted by atomic mass is 9.72. The summed E-state index contributed by atoms with van der Waals surface area (Å²) >= 11 is 0. The quantitative estimate of drug-likeness (QED) is 0.861. The molecule has 2 atom stereocenters. The Morgan fingerprint density at radius 2 is 1.89 bits per heavy atom. The van der Waals surface area contributed by atoms with Crippen molar-refractivity contribution in [1.29, 1.82) is 0 Å². The van der Waals surface area contributed by atoms with Gasteiger partial charge in [0, 0.05) is 13.1 Å². The SMILES string of the molecule is O=C(c1ccccc1F)N1CC[C@@H](O)[C@](Cc2cccc(F)c2)(C(=O)O)C1. The maximum Gasteiger partial charge on any atom is 0.314 e. The topological polar surface area (TPSA) is 77.8 Å². The van der Waals surface area contributed by atoms with Gasteiger partial charge in [-0.25, -0.2) is 8.78 Å². The lowest BCUT2D eigenvalue weighted by Gasteiger charge is -2.43. The van der Waals surface area contributed by atoms with Crippen LogP contribution in [0.25, 0.3) is 0 Å². The maximum atomic E-state index is 14.0. The highest BCUT2D eigenvalue weighted by atomic mass is 19.1. The second kappa shape index (κ2) is 7.44. The number of piperidine rings is 1. The second-order valence-electron chi connectivity index (χ2n) is 6.78. The summed E-state index contributed by atoms with van der Waals surface area (Å²) in [5, 5.41) is 20.3. The Kier molecular flexibility index (Phi) is 5.23. The Hall–Kier alpha value is -2.80. The number of carboxylic acids is 1. The van der Waals surface area contributed by atoms with Crippen molar-refractivity contribution in [3.8, 4) is 0 Å². The molecule has 1 aliphatic heterocycles. The number of likely N-dealkylation sites (tertiary alicyclic amines) is 1. The lowest BCUT2D eigenvalue weighted by molar-refractivity contribution is -0.161. The first kappa shape index (κ1) is 19.0. The number of carbonyl (C=O) groups excluding carboxylic acids is 1. The molecule has 1 heterocycles. The van der Waals surface area contributed by atoms with Gasteiger partial charge in [-0.05, 0) is 42.7 Å². The number of aliphatic carboxylic acids is 1. The van der Waals surface area contributed by atoms with Crippen molar-refractivity contribution in [2.75, 3.05) is 13.1 Å². The van der Waals surface area contributed by atoms with E-state index in [1.807, 2.05) is 0 Å². The predicted octanol–water partition coefficient (Wildman–Crippen LogP) is 2.49. The van der Waals surface area contributed by atoms with E-state index in [0.29, 0.717) is 5.56 Å². The minimum atomic E-state index is -1.70. The Balaban J connectivity index is 1.92. The summed E-state index contributed by atoms with van der Waals surface area (Å²) in [6.45, 7) is -0.195. The van der Waals surface area contributed by atoms with Crippen molar-refractivity contribution in [2.45, 2.75) is 18.9 Å². The number of hydrogen-bond donors (Lipinski definition) is 2. The molecule has 2 aromatic carbocycles. The van der Waals surface area contributed by atoms with Crippen molar-refractivity contribution in [2.24, 2.45) is 5.41 Å². The van der Waals surface area contributed by atoms with E-state index in [2.05, 4.69) is 0 Å². The molecular weight excluding hydrogens is 356 g/mol. The van der Waals surface area contributed by atoms with Gasteiger partial charge in [0.05, 0.1) is 11.7 Å². The van der Waals surface area contributed by atoms with Crippen LogP contribution in [0.4, 0.5) is 8.78 Å². The van der Waals surface area contributed by atoms with Crippen LogP contribution in [-0.4, -0.2) is 46.2 Å². The van der Waals surface area contributed by atoms with Crippen molar-refractivity contribution in [1.82, 2.24) is 4.90 Å². The van der Waals surface area contributed by atoms with Gasteiger partial charge in [0.15, 0.2) is 0 Å². The van der Waals surface area contributed by atoms with Crippen molar-refractivity contribution >= 4 is 11.9 Å². The van der Waals surface area contributed by atoms with E-state index in [0.717, 1.165) is 6.07 Å². The second-order valence-corrected chi connectivity index (χ2v) is 6.78. The van der Waals surface area contributed by atoms with E-state index in [-0.39, 0.29) is 31.5 Å². The van der Waals surface area contributed by atoms with E-state index in [1.165, 1.54) is 41.3 Å². The van der Waals surface area contributed by atoms with Crippen molar-refractivity contribution in [3.05, 3.63) is 71.3 Å². The summed E-state index contributed by atoms with van der Waals surface area (Å²) < 4.78 is 27.5. The highest BCUT2D eigenvalue weighted by Crippen LogP contribution is 2.35. The minimum Gasteiger partial charge on any atom is -0.481 e. The molecule has 2 aromatic rings. The van der Waals surface area contributed by atoms with E-state index >= 15 is 0 Å². The van der Waals surface area contributed by atoms with Crippen LogP contribution in [0.15, 0.2) is 48.5 Å². The molecule has 1 fully saturated rings. The van der Waals surface area contributed by atoms with Gasteiger partial charge in [0.2, 0.25) is 0 Å². The zero-order chi connectivity index (χ0) is 19.6. The van der Waals surface area contributed by atoms with Crippen LogP contribution in [0.3, 0.4) is 0 Å². The average molecular weight is 375 g/mol. The number of nitrogens with zero attached hydrogens (tertiary/aromatic N) is 1. The molecule has 0 bridgehead atoms. The molecule has 3 rings (SSSR count). The van der Waals surface area contributed by atoms with Crippen LogP contribution in [-0.2, 0) is 11.2 Å². The lowest BCUT2D eigenvalue weighted by Crippen LogP contribution is -2.58. The number of halogens is 2. The van der Waals surface area contributed by atoms with Crippen LogP contribution >= 0.6 is 0 Å². The molecule has 1 amide bonds. The van der Waals surface area contributed by atoms with Gasteiger partial charge in [-0.2, -0.15) is 0 Å². The number of amides is 1. The van der Waals surface area contributed by atoms with E-state index in [1.54, 1.807) is 6.07 Å². The van der Waals surface area contributed by atoms with Crippen LogP contribution < -0.4 is 0 Å². The molecule has 7 heteroatoms. The molecule has 0 aliphatic carbocycles. The molecule has 1 saturated heterocycles. The average Bonchev–Trinajstić information content (AvgIpc) is 2.63. The van der Waals surface area contributed by atoms with Crippen molar-refractivity contribution in [3.63, 3.8) is 0 Å². The van der Waals surface area contributed by atoms with E-state index < -0.39 is 35.0 Å². The molecule has 0 saturated carbocycles. The van der Waals surface area contributed by atoms with Crippen LogP contribution in [0.1, 0.15) is 22.3 Å². The summed E-state index contributed by atoms with van der Waals surface area (Å²) in [7, 11) is 0. The highest BCUT2D eigenvalue weighted by molar-refractivity contribution is 5.95. The molecule has 142 valence electrons. The Morgan fingerprint density at radius 1 is 1.15 bits per heavy atom. The summed E-state index contributed by atoms with van der Waals surface area (Å²) in [5.74, 6) is -3.13. The standard InChI is InChI=1S/C20H19F2NO4/c21-14-5-3-4-13(10-14)11-20(19(26)27)12-23(9-8-17(20)24)18(25)15-6-1-2-7-16(15)22/h1-7,10,17,24H,8-9,11-12H2,(H,26,27)/t17-,20-/m1/s1. The molecule has 1 aliphatic rings. The summed E-state index contributed by atoms with van der Waals surface area (Å²) in [4.78, 5) is 26.0. The van der Waals surface area contributed by atoms with E-state index in [4.69, 9.17) is 0 Å². The number of aliphatic hydroxyl groups excluding tert-OH is 1. The first-order valence-corrected chi connectivity index (χ1v) is 8.53. The third-order valence-corrected chi connectivity index (χ3v) is 5.01. The molecule has 0 radical (unpaired) electrons. The summed E-state index contributed by atoms with van der Waals surface area (Å²) in [5.41, 5.74) is -1.46. The van der Waals surface area contributed by atoms with Gasteiger partial charge in [-0.15, -0.1) is 0 Å².